The molecule has 0 aliphatic rings. The van der Waals surface area contributed by atoms with Gasteiger partial charge in [0.05, 0.1) is 34.3 Å². The van der Waals surface area contributed by atoms with Crippen molar-refractivity contribution in [1.29, 1.82) is 0 Å². The lowest BCUT2D eigenvalue weighted by Crippen LogP contribution is -2.30. The summed E-state index contributed by atoms with van der Waals surface area (Å²) in [7, 11) is 1.46. The molecular weight excluding hydrogens is 333 g/mol. The van der Waals surface area contributed by atoms with Gasteiger partial charge in [-0.15, -0.1) is 0 Å². The molecule has 0 spiro atoms. The highest BCUT2D eigenvalue weighted by Crippen LogP contribution is 2.18. The molecule has 11 heteroatoms. The Balaban J connectivity index is 2.15. The maximum absolute atomic E-state index is 13.8. The molecule has 0 aliphatic heterocycles. The first-order valence-corrected chi connectivity index (χ1v) is 7.48. The van der Waals surface area contributed by atoms with Gasteiger partial charge in [0, 0.05) is 7.05 Å². The Morgan fingerprint density at radius 3 is 2.68 bits per heavy atom. The minimum atomic E-state index is -0.773. The number of nitro groups is 1. The van der Waals surface area contributed by atoms with Gasteiger partial charge in [0.2, 0.25) is 5.95 Å². The summed E-state index contributed by atoms with van der Waals surface area (Å²) in [5, 5.41) is 22.3. The number of nitrogens with one attached hydrogen (secondary N) is 1. The van der Waals surface area contributed by atoms with Crippen LogP contribution in [0.4, 0.5) is 10.2 Å². The van der Waals surface area contributed by atoms with Crippen LogP contribution in [-0.4, -0.2) is 36.6 Å². The van der Waals surface area contributed by atoms with Crippen molar-refractivity contribution in [1.82, 2.24) is 25.0 Å². The number of aryl methyl sites for hydroxylation is 3. The highest BCUT2D eigenvalue weighted by molar-refractivity contribution is 5.84. The van der Waals surface area contributed by atoms with Crippen molar-refractivity contribution >= 4 is 17.9 Å². The van der Waals surface area contributed by atoms with E-state index in [9.17, 15) is 19.3 Å². The second kappa shape index (κ2) is 7.20. The van der Waals surface area contributed by atoms with E-state index < -0.39 is 22.8 Å². The number of halogens is 1. The summed E-state index contributed by atoms with van der Waals surface area (Å²) in [5.74, 6) is -1.41. The van der Waals surface area contributed by atoms with Crippen molar-refractivity contribution in [3.8, 4) is 0 Å². The molecule has 0 saturated carbocycles. The summed E-state index contributed by atoms with van der Waals surface area (Å²) in [5.41, 5.74) is 3.39. The second-order valence-corrected chi connectivity index (χ2v) is 5.42. The van der Waals surface area contributed by atoms with Gasteiger partial charge in [-0.05, 0) is 25.2 Å². The lowest BCUT2D eigenvalue weighted by atomic mass is 10.2. The number of hydrazone groups is 1. The van der Waals surface area contributed by atoms with Gasteiger partial charge in [-0.3, -0.25) is 4.79 Å². The molecule has 1 amide bonds. The van der Waals surface area contributed by atoms with E-state index in [0.717, 1.165) is 4.68 Å². The van der Waals surface area contributed by atoms with Crippen molar-refractivity contribution in [3.05, 3.63) is 39.1 Å². The SMILES string of the molecule is CC[C@@H](C(=O)N/N=C\c1c(C)nn(C)c1F)n1nc([N+](=O)[O-])cc1C. The van der Waals surface area contributed by atoms with E-state index in [2.05, 4.69) is 20.7 Å². The van der Waals surface area contributed by atoms with Crippen LogP contribution >= 0.6 is 0 Å². The van der Waals surface area contributed by atoms with Crippen molar-refractivity contribution in [2.45, 2.75) is 33.2 Å². The third-order valence-corrected chi connectivity index (χ3v) is 3.65. The van der Waals surface area contributed by atoms with E-state index >= 15 is 0 Å². The molecule has 0 fully saturated rings. The molecule has 2 aromatic heterocycles. The normalized spacial score (nSPS) is 12.5. The predicted octanol–water partition coefficient (Wildman–Crippen LogP) is 1.38. The predicted molar refractivity (Wildman–Crippen MR) is 86.6 cm³/mol. The quantitative estimate of drug-likeness (QED) is 0.479. The average molecular weight is 351 g/mol. The summed E-state index contributed by atoms with van der Waals surface area (Å²) in [6, 6.07) is 0.513. The fourth-order valence-electron chi connectivity index (χ4n) is 2.37. The van der Waals surface area contributed by atoms with Gasteiger partial charge in [-0.2, -0.15) is 19.3 Å². The zero-order valence-corrected chi connectivity index (χ0v) is 14.2. The van der Waals surface area contributed by atoms with E-state index in [1.165, 1.54) is 24.0 Å². The molecule has 2 heterocycles. The Kier molecular flexibility index (Phi) is 5.25. The molecule has 1 N–H and O–H groups in total. The summed E-state index contributed by atoms with van der Waals surface area (Å²) in [4.78, 5) is 22.5. The van der Waals surface area contributed by atoms with Crippen LogP contribution in [0.1, 0.15) is 36.3 Å². The van der Waals surface area contributed by atoms with E-state index in [-0.39, 0.29) is 11.4 Å². The highest BCUT2D eigenvalue weighted by Gasteiger charge is 2.26. The maximum atomic E-state index is 13.8. The first-order valence-electron chi connectivity index (χ1n) is 7.48. The Hall–Kier alpha value is -3.11. The second-order valence-electron chi connectivity index (χ2n) is 5.42. The van der Waals surface area contributed by atoms with E-state index in [1.54, 1.807) is 20.8 Å². The molecule has 25 heavy (non-hydrogen) atoms. The molecule has 134 valence electrons. The zero-order chi connectivity index (χ0) is 18.7. The lowest BCUT2D eigenvalue weighted by molar-refractivity contribution is -0.389. The zero-order valence-electron chi connectivity index (χ0n) is 14.2. The third-order valence-electron chi connectivity index (χ3n) is 3.65. The first kappa shape index (κ1) is 18.2. The monoisotopic (exact) mass is 351 g/mol. The first-order chi connectivity index (χ1) is 11.8. The number of carbonyl (C=O) groups is 1. The van der Waals surface area contributed by atoms with Crippen molar-refractivity contribution in [2.75, 3.05) is 0 Å². The third kappa shape index (κ3) is 3.70. The summed E-state index contributed by atoms with van der Waals surface area (Å²) < 4.78 is 16.1. The van der Waals surface area contributed by atoms with Gasteiger partial charge < -0.3 is 10.1 Å². The average Bonchev–Trinajstić information content (AvgIpc) is 3.03. The summed E-state index contributed by atoms with van der Waals surface area (Å²) in [6.07, 6.45) is 1.52. The molecule has 0 radical (unpaired) electrons. The number of hydrogen-bond acceptors (Lipinski definition) is 6. The molecule has 0 bridgehead atoms. The Morgan fingerprint density at radius 2 is 2.20 bits per heavy atom. The number of aromatic nitrogens is 4. The Morgan fingerprint density at radius 1 is 1.52 bits per heavy atom. The highest BCUT2D eigenvalue weighted by atomic mass is 19.1. The fourth-order valence-corrected chi connectivity index (χ4v) is 2.37. The number of hydrogen-bond donors (Lipinski definition) is 1. The molecule has 0 aliphatic carbocycles. The topological polar surface area (TPSA) is 120 Å². The van der Waals surface area contributed by atoms with Crippen LogP contribution < -0.4 is 5.43 Å². The standard InChI is InChI=1S/C14H18FN7O3/c1-5-11(21-8(2)6-12(19-21)22(24)25)14(23)17-16-7-10-9(3)18-20(4)13(10)15/h6-7,11H,5H2,1-4H3,(H,17,23)/b16-7-/t11-/m0/s1. The molecular formula is C14H18FN7O3. The molecule has 10 nitrogen and oxygen atoms in total. The van der Waals surface area contributed by atoms with Crippen LogP contribution in [0.3, 0.4) is 0 Å². The van der Waals surface area contributed by atoms with Gasteiger partial charge in [-0.1, -0.05) is 6.92 Å². The number of rotatable bonds is 6. The van der Waals surface area contributed by atoms with Crippen LogP contribution in [0.5, 0.6) is 0 Å². The lowest BCUT2D eigenvalue weighted by Gasteiger charge is -2.11. The van der Waals surface area contributed by atoms with Crippen LogP contribution in [-0.2, 0) is 11.8 Å². The smallest absolute Gasteiger partial charge is 0.358 e. The molecule has 0 aromatic carbocycles. The van der Waals surface area contributed by atoms with E-state index in [1.807, 2.05) is 0 Å². The number of amides is 1. The van der Waals surface area contributed by atoms with Gasteiger partial charge in [0.15, 0.2) is 6.04 Å². The number of nitrogens with zero attached hydrogens (tertiary/aromatic N) is 6. The van der Waals surface area contributed by atoms with Crippen molar-refractivity contribution < 1.29 is 14.1 Å². The van der Waals surface area contributed by atoms with Crippen LogP contribution in [0, 0.1) is 29.9 Å². The molecule has 2 aromatic rings. The van der Waals surface area contributed by atoms with Gasteiger partial charge >= 0.3 is 5.82 Å². The Bertz CT molecular complexity index is 840. The van der Waals surface area contributed by atoms with Gasteiger partial charge in [-0.25, -0.2) is 10.1 Å². The molecule has 0 unspecified atom stereocenters. The van der Waals surface area contributed by atoms with Gasteiger partial charge in [0.1, 0.15) is 0 Å². The largest absolute Gasteiger partial charge is 0.390 e. The molecule has 2 rings (SSSR count). The minimum Gasteiger partial charge on any atom is -0.358 e. The van der Waals surface area contributed by atoms with Gasteiger partial charge in [0.25, 0.3) is 5.91 Å². The van der Waals surface area contributed by atoms with Crippen LogP contribution in [0.15, 0.2) is 11.2 Å². The van der Waals surface area contributed by atoms with E-state index in [0.29, 0.717) is 17.8 Å². The van der Waals surface area contributed by atoms with Crippen molar-refractivity contribution in [3.63, 3.8) is 0 Å². The summed E-state index contributed by atoms with van der Waals surface area (Å²) in [6.45, 7) is 4.98. The molecule has 0 saturated heterocycles. The Labute approximate surface area is 142 Å². The minimum absolute atomic E-state index is 0.168. The summed E-state index contributed by atoms with van der Waals surface area (Å²) >= 11 is 0. The van der Waals surface area contributed by atoms with Crippen molar-refractivity contribution in [2.24, 2.45) is 12.1 Å². The van der Waals surface area contributed by atoms with Crippen LogP contribution in [0.2, 0.25) is 0 Å². The number of carbonyl (C=O) groups excluding carboxylic acids is 1. The van der Waals surface area contributed by atoms with Crippen LogP contribution in [0.25, 0.3) is 0 Å². The van der Waals surface area contributed by atoms with E-state index in [4.69, 9.17) is 0 Å². The fraction of sp³-hybridized carbons (Fsp3) is 0.429. The molecule has 1 atom stereocenters. The maximum Gasteiger partial charge on any atom is 0.390 e.